The van der Waals surface area contributed by atoms with E-state index in [1.807, 2.05) is 18.2 Å². The number of anilines is 1. The zero-order chi connectivity index (χ0) is 29.4. The lowest BCUT2D eigenvalue weighted by molar-refractivity contribution is -0.131. The quantitative estimate of drug-likeness (QED) is 0.205. The van der Waals surface area contributed by atoms with E-state index in [1.54, 1.807) is 66.7 Å². The summed E-state index contributed by atoms with van der Waals surface area (Å²) in [4.78, 5) is 27.7. The molecule has 3 unspecified atom stereocenters. The fraction of sp³-hybridized carbons (Fsp3) is 0.188. The van der Waals surface area contributed by atoms with Crippen molar-refractivity contribution in [3.63, 3.8) is 0 Å². The van der Waals surface area contributed by atoms with Crippen molar-refractivity contribution in [2.45, 2.75) is 23.8 Å². The molecule has 2 heterocycles. The number of ether oxygens (including phenoxy) is 2. The number of carbonyl (C=O) groups is 2. The molecule has 0 aliphatic carbocycles. The summed E-state index contributed by atoms with van der Waals surface area (Å²) in [6.45, 7) is 0.0773. The van der Waals surface area contributed by atoms with Crippen molar-refractivity contribution in [1.82, 2.24) is 5.32 Å². The number of rotatable bonds is 7. The second kappa shape index (κ2) is 11.5. The van der Waals surface area contributed by atoms with Crippen molar-refractivity contribution in [3.8, 4) is 17.2 Å². The summed E-state index contributed by atoms with van der Waals surface area (Å²) < 4.78 is 11.8. The maximum absolute atomic E-state index is 14.3. The molecule has 0 saturated carbocycles. The Morgan fingerprint density at radius 1 is 0.857 bits per heavy atom. The molecule has 214 valence electrons. The topological polar surface area (TPSA) is 96.9 Å². The second-order valence-corrected chi connectivity index (χ2v) is 11.5. The van der Waals surface area contributed by atoms with Crippen molar-refractivity contribution < 1.29 is 24.2 Å². The van der Waals surface area contributed by atoms with Crippen LogP contribution < -0.4 is 20.1 Å². The first-order chi connectivity index (χ1) is 20.3. The molecule has 0 bridgehead atoms. The number of fused-ring (bicyclic) bond motifs is 2. The zero-order valence-electron chi connectivity index (χ0n) is 22.1. The number of hydrogen-bond donors (Lipinski definition) is 3. The lowest BCUT2D eigenvalue weighted by Crippen LogP contribution is -2.56. The van der Waals surface area contributed by atoms with Gasteiger partial charge in [0.1, 0.15) is 29.3 Å². The van der Waals surface area contributed by atoms with Crippen LogP contribution >= 0.6 is 34.8 Å². The molecule has 3 atom stereocenters. The number of nitrogens with one attached hydrogen (secondary N) is 2. The minimum atomic E-state index is -1.29. The summed E-state index contributed by atoms with van der Waals surface area (Å²) in [7, 11) is 0. The Morgan fingerprint density at radius 3 is 2.33 bits per heavy atom. The number of amides is 2. The first-order valence-corrected chi connectivity index (χ1v) is 14.4. The van der Waals surface area contributed by atoms with Gasteiger partial charge in [0.2, 0.25) is 11.8 Å². The molecule has 2 aliphatic heterocycles. The largest absolute Gasteiger partial charge is 0.491 e. The molecule has 0 aromatic heterocycles. The van der Waals surface area contributed by atoms with Crippen molar-refractivity contribution in [2.75, 3.05) is 18.5 Å². The van der Waals surface area contributed by atoms with E-state index in [0.29, 0.717) is 49.1 Å². The number of piperidine rings is 1. The number of aliphatic hydroxyl groups excluding tert-OH is 1. The lowest BCUT2D eigenvalue weighted by atomic mass is 9.59. The third kappa shape index (κ3) is 5.07. The summed E-state index contributed by atoms with van der Waals surface area (Å²) in [6.07, 6.45) is 0.0540. The van der Waals surface area contributed by atoms with E-state index in [4.69, 9.17) is 49.4 Å². The van der Waals surface area contributed by atoms with Crippen LogP contribution in [0.15, 0.2) is 84.9 Å². The number of aliphatic hydroxyl groups is 1. The molecule has 0 radical (unpaired) electrons. The van der Waals surface area contributed by atoms with Crippen LogP contribution in [0.4, 0.5) is 5.69 Å². The van der Waals surface area contributed by atoms with Crippen LogP contribution in [0.2, 0.25) is 15.1 Å². The Bertz CT molecular complexity index is 1680. The van der Waals surface area contributed by atoms with Gasteiger partial charge in [-0.25, -0.2) is 0 Å². The molecule has 4 aromatic rings. The highest BCUT2D eigenvalue weighted by Crippen LogP contribution is 2.58. The van der Waals surface area contributed by atoms with Crippen LogP contribution in [0.3, 0.4) is 0 Å². The van der Waals surface area contributed by atoms with Crippen LogP contribution in [-0.2, 0) is 15.0 Å². The Hall–Kier alpha value is -3.75. The average molecular weight is 624 g/mol. The second-order valence-electron chi connectivity index (χ2n) is 10.2. The minimum absolute atomic E-state index is 0.0540. The van der Waals surface area contributed by atoms with Gasteiger partial charge in [-0.15, -0.1) is 0 Å². The van der Waals surface area contributed by atoms with E-state index in [-0.39, 0.29) is 31.4 Å². The molecule has 2 aliphatic rings. The number of carbonyl (C=O) groups excluding carboxylic acids is 2. The lowest BCUT2D eigenvalue weighted by Gasteiger charge is -2.46. The van der Waals surface area contributed by atoms with Gasteiger partial charge in [-0.05, 0) is 77.9 Å². The van der Waals surface area contributed by atoms with E-state index >= 15 is 0 Å². The molecular weight excluding hydrogens is 599 g/mol. The summed E-state index contributed by atoms with van der Waals surface area (Å²) in [5.74, 6) is 0.393. The zero-order valence-corrected chi connectivity index (χ0v) is 24.3. The van der Waals surface area contributed by atoms with Gasteiger partial charge in [0.05, 0.1) is 12.6 Å². The summed E-state index contributed by atoms with van der Waals surface area (Å²) >= 11 is 19.3. The predicted molar refractivity (Wildman–Crippen MR) is 162 cm³/mol. The highest BCUT2D eigenvalue weighted by Gasteiger charge is 2.61. The molecule has 7 nitrogen and oxygen atoms in total. The van der Waals surface area contributed by atoms with Crippen LogP contribution in [0.1, 0.15) is 35.1 Å². The van der Waals surface area contributed by atoms with E-state index in [1.165, 1.54) is 0 Å². The maximum atomic E-state index is 14.3. The molecule has 2 amide bonds. The van der Waals surface area contributed by atoms with Gasteiger partial charge in [-0.2, -0.15) is 0 Å². The van der Waals surface area contributed by atoms with Gasteiger partial charge in [0, 0.05) is 38.7 Å². The summed E-state index contributed by atoms with van der Waals surface area (Å²) in [5.41, 5.74) is 1.26. The van der Waals surface area contributed by atoms with E-state index in [2.05, 4.69) is 10.6 Å². The first-order valence-electron chi connectivity index (χ1n) is 13.3. The first kappa shape index (κ1) is 28.4. The Balaban J connectivity index is 1.52. The van der Waals surface area contributed by atoms with E-state index < -0.39 is 17.4 Å². The van der Waals surface area contributed by atoms with Gasteiger partial charge in [-0.3, -0.25) is 9.59 Å². The van der Waals surface area contributed by atoms with Crippen molar-refractivity contribution >= 4 is 52.3 Å². The smallest absolute Gasteiger partial charge is 0.238 e. The molecule has 3 N–H and O–H groups in total. The van der Waals surface area contributed by atoms with Crippen LogP contribution in [0.25, 0.3) is 0 Å². The fourth-order valence-electron chi connectivity index (χ4n) is 6.00. The Kier molecular flexibility index (Phi) is 7.77. The average Bonchev–Trinajstić information content (AvgIpc) is 3.25. The normalized spacial score (nSPS) is 21.0. The molecule has 6 rings (SSSR count). The summed E-state index contributed by atoms with van der Waals surface area (Å²) in [6, 6.07) is 23.7. The van der Waals surface area contributed by atoms with Crippen LogP contribution in [-0.4, -0.2) is 30.1 Å². The molecule has 1 fully saturated rings. The standard InChI is InChI=1S/C32H25Cl3N2O5/c33-19-3-1-2-18(14-19)26-17-29(39)37-30(32(26)25-10-4-21(35)16-27(25)36-31(32)40)24-15-20(34)5-11-28(24)42-23-8-6-22(7-9-23)41-13-12-38/h1-11,14-16,26,30,38H,12-13,17H2,(H,36,40)(H,37,39). The van der Waals surface area contributed by atoms with Gasteiger partial charge in [0.15, 0.2) is 0 Å². The van der Waals surface area contributed by atoms with Gasteiger partial charge < -0.3 is 25.2 Å². The van der Waals surface area contributed by atoms with Gasteiger partial charge >= 0.3 is 0 Å². The highest BCUT2D eigenvalue weighted by molar-refractivity contribution is 6.31. The molecule has 42 heavy (non-hydrogen) atoms. The van der Waals surface area contributed by atoms with Crippen LogP contribution in [0.5, 0.6) is 17.2 Å². The maximum Gasteiger partial charge on any atom is 0.238 e. The van der Waals surface area contributed by atoms with Crippen LogP contribution in [0, 0.1) is 0 Å². The Morgan fingerprint density at radius 2 is 1.57 bits per heavy atom. The Labute approximate surface area is 257 Å². The van der Waals surface area contributed by atoms with Gasteiger partial charge in [0.25, 0.3) is 0 Å². The minimum Gasteiger partial charge on any atom is -0.491 e. The third-order valence-corrected chi connectivity index (χ3v) is 8.40. The number of benzene rings is 4. The van der Waals surface area contributed by atoms with Gasteiger partial charge in [-0.1, -0.05) is 53.0 Å². The predicted octanol–water partition coefficient (Wildman–Crippen LogP) is 7.05. The fourth-order valence-corrected chi connectivity index (χ4v) is 6.55. The monoisotopic (exact) mass is 622 g/mol. The third-order valence-electron chi connectivity index (χ3n) is 7.70. The number of hydrogen-bond acceptors (Lipinski definition) is 5. The number of halogens is 3. The van der Waals surface area contributed by atoms with E-state index in [0.717, 1.165) is 5.56 Å². The van der Waals surface area contributed by atoms with Crippen molar-refractivity contribution in [1.29, 1.82) is 0 Å². The van der Waals surface area contributed by atoms with Crippen molar-refractivity contribution in [2.24, 2.45) is 0 Å². The SMILES string of the molecule is O=C1CC(c2cccc(Cl)c2)C2(C(=O)Nc3cc(Cl)ccc32)C(c2cc(Cl)ccc2Oc2ccc(OCCO)cc2)N1. The van der Waals surface area contributed by atoms with Crippen molar-refractivity contribution in [3.05, 3.63) is 117 Å². The summed E-state index contributed by atoms with van der Waals surface area (Å²) in [5, 5.41) is 16.5. The highest BCUT2D eigenvalue weighted by atomic mass is 35.5. The molecule has 1 saturated heterocycles. The molecule has 1 spiro atoms. The molecule has 4 aromatic carbocycles. The van der Waals surface area contributed by atoms with E-state index in [9.17, 15) is 9.59 Å². The molecule has 10 heteroatoms. The molecular formula is C32H25Cl3N2O5.